The first kappa shape index (κ1) is 14.6. The smallest absolute Gasteiger partial charge is 0.124 e. The van der Waals surface area contributed by atoms with Gasteiger partial charge in [0, 0.05) is 5.56 Å². The van der Waals surface area contributed by atoms with E-state index in [1.54, 1.807) is 6.07 Å². The molecule has 1 rings (SSSR count). The van der Waals surface area contributed by atoms with Crippen LogP contribution in [0.15, 0.2) is 23.4 Å². The van der Waals surface area contributed by atoms with Gasteiger partial charge in [-0.3, -0.25) is 0 Å². The van der Waals surface area contributed by atoms with Crippen molar-refractivity contribution < 1.29 is 10.3 Å². The van der Waals surface area contributed by atoms with Gasteiger partial charge in [-0.25, -0.2) is 0 Å². The third-order valence-corrected chi connectivity index (χ3v) is 3.11. The summed E-state index contributed by atoms with van der Waals surface area (Å²) < 4.78 is 0. The summed E-state index contributed by atoms with van der Waals surface area (Å²) in [5.41, 5.74) is 1.75. The van der Waals surface area contributed by atoms with E-state index in [0.29, 0.717) is 5.56 Å². The van der Waals surface area contributed by atoms with Gasteiger partial charge in [-0.15, -0.1) is 0 Å². The molecule has 18 heavy (non-hydrogen) atoms. The van der Waals surface area contributed by atoms with Crippen LogP contribution in [0.5, 0.6) is 5.75 Å². The number of hydrogen-bond donors (Lipinski definition) is 2. The van der Waals surface area contributed by atoms with Gasteiger partial charge in [0.1, 0.15) is 5.75 Å². The monoisotopic (exact) mass is 249 g/mol. The molecule has 0 heterocycles. The van der Waals surface area contributed by atoms with Crippen LogP contribution < -0.4 is 0 Å². The minimum Gasteiger partial charge on any atom is -0.507 e. The van der Waals surface area contributed by atoms with Gasteiger partial charge in [0.05, 0.1) is 6.21 Å². The largest absolute Gasteiger partial charge is 0.507 e. The van der Waals surface area contributed by atoms with E-state index in [9.17, 15) is 5.11 Å². The molecular formula is C15H23NO2. The molecule has 3 heteroatoms. The van der Waals surface area contributed by atoms with Crippen LogP contribution in [0.4, 0.5) is 0 Å². The van der Waals surface area contributed by atoms with E-state index in [2.05, 4.69) is 12.1 Å². The third kappa shape index (κ3) is 5.21. The normalized spacial score (nSPS) is 11.2. The lowest BCUT2D eigenvalue weighted by Crippen LogP contribution is -1.90. The number of rotatable bonds is 8. The summed E-state index contributed by atoms with van der Waals surface area (Å²) in [4.78, 5) is 0. The topological polar surface area (TPSA) is 52.8 Å². The Kier molecular flexibility index (Phi) is 6.92. The Morgan fingerprint density at radius 2 is 1.83 bits per heavy atom. The lowest BCUT2D eigenvalue weighted by Gasteiger charge is -2.04. The molecule has 0 amide bonds. The number of unbranched alkanes of at least 4 members (excludes halogenated alkanes) is 5. The van der Waals surface area contributed by atoms with Crippen LogP contribution in [0, 0.1) is 0 Å². The molecule has 1 aromatic carbocycles. The Bertz CT molecular complexity index is 375. The summed E-state index contributed by atoms with van der Waals surface area (Å²) >= 11 is 0. The second kappa shape index (κ2) is 8.56. The highest BCUT2D eigenvalue weighted by Crippen LogP contribution is 2.18. The standard InChI is InChI=1S/C15H23NO2/c1-2-3-4-5-6-7-8-13-9-10-15(17)14(11-13)12-16-18/h9-12,17-18H,2-8H2,1H3/b16-12+. The number of hydrogen-bond acceptors (Lipinski definition) is 3. The molecule has 0 atom stereocenters. The molecule has 0 aliphatic carbocycles. The Morgan fingerprint density at radius 3 is 2.56 bits per heavy atom. The zero-order valence-electron chi connectivity index (χ0n) is 11.1. The number of phenols is 1. The minimum atomic E-state index is 0.152. The molecule has 0 bridgehead atoms. The van der Waals surface area contributed by atoms with Gasteiger partial charge in [0.2, 0.25) is 0 Å². The first-order chi connectivity index (χ1) is 8.77. The highest BCUT2D eigenvalue weighted by molar-refractivity contribution is 5.83. The predicted octanol–water partition coefficient (Wildman–Crippen LogP) is 4.10. The van der Waals surface area contributed by atoms with Crippen LogP contribution in [0.2, 0.25) is 0 Å². The van der Waals surface area contributed by atoms with E-state index < -0.39 is 0 Å². The van der Waals surface area contributed by atoms with Gasteiger partial charge < -0.3 is 10.3 Å². The number of oxime groups is 1. The summed E-state index contributed by atoms with van der Waals surface area (Å²) in [6, 6.07) is 5.46. The van der Waals surface area contributed by atoms with Crippen LogP contribution >= 0.6 is 0 Å². The van der Waals surface area contributed by atoms with Gasteiger partial charge in [0.15, 0.2) is 0 Å². The third-order valence-electron chi connectivity index (χ3n) is 3.11. The summed E-state index contributed by atoms with van der Waals surface area (Å²) in [6.07, 6.45) is 9.94. The molecule has 100 valence electrons. The molecule has 0 saturated carbocycles. The maximum atomic E-state index is 9.53. The van der Waals surface area contributed by atoms with E-state index >= 15 is 0 Å². The molecule has 1 aromatic rings. The zero-order valence-corrected chi connectivity index (χ0v) is 11.1. The Hall–Kier alpha value is -1.51. The molecule has 0 aliphatic rings. The second-order valence-electron chi connectivity index (χ2n) is 4.66. The lowest BCUT2D eigenvalue weighted by atomic mass is 10.0. The molecular weight excluding hydrogens is 226 g/mol. The maximum Gasteiger partial charge on any atom is 0.124 e. The van der Waals surface area contributed by atoms with Crippen molar-refractivity contribution in [3.8, 4) is 5.75 Å². The molecule has 2 N–H and O–H groups in total. The van der Waals surface area contributed by atoms with Gasteiger partial charge in [-0.05, 0) is 30.5 Å². The van der Waals surface area contributed by atoms with Gasteiger partial charge >= 0.3 is 0 Å². The van der Waals surface area contributed by atoms with Crippen molar-refractivity contribution in [2.75, 3.05) is 0 Å². The molecule has 0 aromatic heterocycles. The molecule has 0 unspecified atom stereocenters. The van der Waals surface area contributed by atoms with E-state index in [-0.39, 0.29) is 5.75 Å². The van der Waals surface area contributed by atoms with Gasteiger partial charge in [-0.1, -0.05) is 50.2 Å². The van der Waals surface area contributed by atoms with E-state index in [4.69, 9.17) is 5.21 Å². The molecule has 0 fully saturated rings. The summed E-state index contributed by atoms with van der Waals surface area (Å²) in [5, 5.41) is 21.0. The number of aryl methyl sites for hydroxylation is 1. The second-order valence-corrected chi connectivity index (χ2v) is 4.66. The fraction of sp³-hybridized carbons (Fsp3) is 0.533. The Labute approximate surface area is 109 Å². The van der Waals surface area contributed by atoms with E-state index in [1.165, 1.54) is 50.3 Å². The highest BCUT2D eigenvalue weighted by Gasteiger charge is 2.01. The SMILES string of the molecule is CCCCCCCCc1ccc(O)c(/C=N/O)c1. The van der Waals surface area contributed by atoms with Crippen LogP contribution in [-0.4, -0.2) is 16.5 Å². The van der Waals surface area contributed by atoms with Crippen LogP contribution in [-0.2, 0) is 6.42 Å². The van der Waals surface area contributed by atoms with Crippen molar-refractivity contribution in [1.82, 2.24) is 0 Å². The Balaban J connectivity index is 2.36. The maximum absolute atomic E-state index is 9.53. The molecule has 0 saturated heterocycles. The fourth-order valence-electron chi connectivity index (χ4n) is 2.03. The molecule has 0 radical (unpaired) electrons. The first-order valence-corrected chi connectivity index (χ1v) is 6.77. The average Bonchev–Trinajstić information content (AvgIpc) is 2.37. The van der Waals surface area contributed by atoms with E-state index in [0.717, 1.165) is 6.42 Å². The quantitative estimate of drug-likeness (QED) is 0.315. The lowest BCUT2D eigenvalue weighted by molar-refractivity contribution is 0.321. The summed E-state index contributed by atoms with van der Waals surface area (Å²) in [6.45, 7) is 2.22. The van der Waals surface area contributed by atoms with Crippen molar-refractivity contribution in [3.05, 3.63) is 29.3 Å². The summed E-state index contributed by atoms with van der Waals surface area (Å²) in [5.74, 6) is 0.152. The van der Waals surface area contributed by atoms with Crippen molar-refractivity contribution in [2.24, 2.45) is 5.16 Å². The predicted molar refractivity (Wildman–Crippen MR) is 74.6 cm³/mol. The van der Waals surface area contributed by atoms with Crippen LogP contribution in [0.1, 0.15) is 56.6 Å². The minimum absolute atomic E-state index is 0.152. The number of nitrogens with zero attached hydrogens (tertiary/aromatic N) is 1. The van der Waals surface area contributed by atoms with Crippen molar-refractivity contribution in [3.63, 3.8) is 0 Å². The fourth-order valence-corrected chi connectivity index (χ4v) is 2.03. The van der Waals surface area contributed by atoms with Crippen molar-refractivity contribution in [2.45, 2.75) is 51.9 Å². The van der Waals surface area contributed by atoms with Crippen LogP contribution in [0.3, 0.4) is 0 Å². The van der Waals surface area contributed by atoms with Crippen molar-refractivity contribution >= 4 is 6.21 Å². The molecule has 0 aliphatic heterocycles. The average molecular weight is 249 g/mol. The van der Waals surface area contributed by atoms with Crippen LogP contribution in [0.25, 0.3) is 0 Å². The first-order valence-electron chi connectivity index (χ1n) is 6.77. The number of aromatic hydroxyl groups is 1. The number of phenolic OH excluding ortho intramolecular Hbond substituents is 1. The molecule has 0 spiro atoms. The van der Waals surface area contributed by atoms with E-state index in [1.807, 2.05) is 12.1 Å². The summed E-state index contributed by atoms with van der Waals surface area (Å²) in [7, 11) is 0. The Morgan fingerprint density at radius 1 is 1.11 bits per heavy atom. The van der Waals surface area contributed by atoms with Gasteiger partial charge in [0.25, 0.3) is 0 Å². The highest BCUT2D eigenvalue weighted by atomic mass is 16.4. The molecule has 3 nitrogen and oxygen atoms in total. The number of benzene rings is 1. The zero-order chi connectivity index (χ0) is 13.2. The van der Waals surface area contributed by atoms with Gasteiger partial charge in [-0.2, -0.15) is 0 Å². The van der Waals surface area contributed by atoms with Crippen molar-refractivity contribution in [1.29, 1.82) is 0 Å².